The number of nitriles is 1. The molecule has 0 fully saturated rings. The van der Waals surface area contributed by atoms with Crippen LogP contribution in [0, 0.1) is 18.3 Å². The number of hydrogen-bond acceptors (Lipinski definition) is 3. The van der Waals surface area contributed by atoms with E-state index in [0.29, 0.717) is 18.8 Å². The van der Waals surface area contributed by atoms with E-state index in [-0.39, 0.29) is 0 Å². The monoisotopic (exact) mass is 204 g/mol. The first kappa shape index (κ1) is 11.7. The van der Waals surface area contributed by atoms with E-state index in [0.717, 1.165) is 17.7 Å². The second-order valence-corrected chi connectivity index (χ2v) is 3.41. The highest BCUT2D eigenvalue weighted by molar-refractivity contribution is 5.37. The van der Waals surface area contributed by atoms with Crippen molar-refractivity contribution in [3.8, 4) is 6.07 Å². The van der Waals surface area contributed by atoms with Gasteiger partial charge in [-0.05, 0) is 37.2 Å². The molecule has 0 saturated heterocycles. The standard InChI is InChI=1S/C12H16N2O/c1-10-7-11(8-13)3-4-12(10)9-15-6-5-14-2/h3-4,7,14H,5-6,9H2,1-2H3. The quantitative estimate of drug-likeness (QED) is 0.741. The summed E-state index contributed by atoms with van der Waals surface area (Å²) in [6.45, 7) is 4.17. The second kappa shape index (κ2) is 6.18. The molecule has 0 aromatic heterocycles. The number of nitrogens with zero attached hydrogens (tertiary/aromatic N) is 1. The number of likely N-dealkylation sites (N-methyl/N-ethyl adjacent to an activating group) is 1. The smallest absolute Gasteiger partial charge is 0.0991 e. The van der Waals surface area contributed by atoms with Crippen LogP contribution in [0.2, 0.25) is 0 Å². The lowest BCUT2D eigenvalue weighted by Gasteiger charge is -2.07. The van der Waals surface area contributed by atoms with E-state index in [1.807, 2.05) is 32.2 Å². The van der Waals surface area contributed by atoms with Gasteiger partial charge in [0.05, 0.1) is 24.8 Å². The van der Waals surface area contributed by atoms with Crippen molar-refractivity contribution in [2.45, 2.75) is 13.5 Å². The first-order valence-corrected chi connectivity index (χ1v) is 5.00. The zero-order valence-electron chi connectivity index (χ0n) is 9.21. The van der Waals surface area contributed by atoms with Gasteiger partial charge in [-0.1, -0.05) is 6.07 Å². The van der Waals surface area contributed by atoms with Gasteiger partial charge in [-0.2, -0.15) is 5.26 Å². The van der Waals surface area contributed by atoms with Crippen LogP contribution in [0.25, 0.3) is 0 Å². The first-order valence-electron chi connectivity index (χ1n) is 5.00. The summed E-state index contributed by atoms with van der Waals surface area (Å²) in [4.78, 5) is 0. The summed E-state index contributed by atoms with van der Waals surface area (Å²) in [5.41, 5.74) is 2.95. The lowest BCUT2D eigenvalue weighted by atomic mass is 10.1. The van der Waals surface area contributed by atoms with Crippen LogP contribution < -0.4 is 5.32 Å². The largest absolute Gasteiger partial charge is 0.375 e. The van der Waals surface area contributed by atoms with Gasteiger partial charge >= 0.3 is 0 Å². The molecule has 0 aliphatic carbocycles. The SMILES string of the molecule is CNCCOCc1ccc(C#N)cc1C. The number of benzene rings is 1. The fraction of sp³-hybridized carbons (Fsp3) is 0.417. The molecule has 0 aliphatic rings. The summed E-state index contributed by atoms with van der Waals surface area (Å²) in [6.07, 6.45) is 0. The maximum Gasteiger partial charge on any atom is 0.0991 e. The molecular formula is C12H16N2O. The molecule has 3 nitrogen and oxygen atoms in total. The highest BCUT2D eigenvalue weighted by Crippen LogP contribution is 2.11. The molecule has 0 bridgehead atoms. The third-order valence-corrected chi connectivity index (χ3v) is 2.23. The van der Waals surface area contributed by atoms with E-state index >= 15 is 0 Å². The Morgan fingerprint density at radius 3 is 2.87 bits per heavy atom. The third kappa shape index (κ3) is 3.70. The average molecular weight is 204 g/mol. The van der Waals surface area contributed by atoms with Crippen molar-refractivity contribution in [1.29, 1.82) is 5.26 Å². The highest BCUT2D eigenvalue weighted by atomic mass is 16.5. The zero-order valence-corrected chi connectivity index (χ0v) is 9.21. The zero-order chi connectivity index (χ0) is 11.1. The second-order valence-electron chi connectivity index (χ2n) is 3.41. The minimum absolute atomic E-state index is 0.610. The molecule has 0 unspecified atom stereocenters. The molecule has 1 N–H and O–H groups in total. The average Bonchev–Trinajstić information content (AvgIpc) is 2.26. The Hall–Kier alpha value is -1.37. The van der Waals surface area contributed by atoms with Crippen molar-refractivity contribution in [3.63, 3.8) is 0 Å². The van der Waals surface area contributed by atoms with Crippen molar-refractivity contribution in [1.82, 2.24) is 5.32 Å². The van der Waals surface area contributed by atoms with Crippen LogP contribution in [0.5, 0.6) is 0 Å². The Morgan fingerprint density at radius 2 is 2.27 bits per heavy atom. The maximum absolute atomic E-state index is 8.71. The summed E-state index contributed by atoms with van der Waals surface area (Å²) in [5, 5.41) is 11.7. The predicted octanol–water partition coefficient (Wildman–Crippen LogP) is 1.60. The van der Waals surface area contributed by atoms with Gasteiger partial charge in [0.15, 0.2) is 0 Å². The molecule has 0 radical (unpaired) electrons. The van der Waals surface area contributed by atoms with Crippen LogP contribution in [-0.2, 0) is 11.3 Å². The fourth-order valence-electron chi connectivity index (χ4n) is 1.28. The van der Waals surface area contributed by atoms with E-state index < -0.39 is 0 Å². The Morgan fingerprint density at radius 1 is 1.47 bits per heavy atom. The molecule has 1 aromatic carbocycles. The van der Waals surface area contributed by atoms with Crippen LogP contribution in [0.15, 0.2) is 18.2 Å². The Labute approximate surface area is 90.7 Å². The van der Waals surface area contributed by atoms with E-state index in [1.165, 1.54) is 0 Å². The predicted molar refractivity (Wildman–Crippen MR) is 59.5 cm³/mol. The Kier molecular flexibility index (Phi) is 4.82. The van der Waals surface area contributed by atoms with Crippen molar-refractivity contribution >= 4 is 0 Å². The van der Waals surface area contributed by atoms with Crippen LogP contribution in [0.3, 0.4) is 0 Å². The van der Waals surface area contributed by atoms with E-state index in [2.05, 4.69) is 11.4 Å². The molecule has 80 valence electrons. The summed E-state index contributed by atoms with van der Waals surface area (Å²) < 4.78 is 5.47. The fourth-order valence-corrected chi connectivity index (χ4v) is 1.28. The summed E-state index contributed by atoms with van der Waals surface area (Å²) in [5.74, 6) is 0. The molecule has 0 atom stereocenters. The number of rotatable bonds is 5. The molecule has 0 aliphatic heterocycles. The van der Waals surface area contributed by atoms with Crippen LogP contribution in [-0.4, -0.2) is 20.2 Å². The minimum Gasteiger partial charge on any atom is -0.375 e. The van der Waals surface area contributed by atoms with Crippen molar-refractivity contribution < 1.29 is 4.74 Å². The Balaban J connectivity index is 2.52. The van der Waals surface area contributed by atoms with Gasteiger partial charge in [-0.3, -0.25) is 0 Å². The van der Waals surface area contributed by atoms with Gasteiger partial charge in [-0.25, -0.2) is 0 Å². The molecule has 0 spiro atoms. The number of ether oxygens (including phenoxy) is 1. The van der Waals surface area contributed by atoms with Crippen molar-refractivity contribution in [3.05, 3.63) is 34.9 Å². The topological polar surface area (TPSA) is 45.0 Å². The number of nitrogens with one attached hydrogen (secondary N) is 1. The van der Waals surface area contributed by atoms with Crippen LogP contribution >= 0.6 is 0 Å². The minimum atomic E-state index is 0.610. The summed E-state index contributed by atoms with van der Waals surface area (Å²) in [6, 6.07) is 7.78. The number of aryl methyl sites for hydroxylation is 1. The molecule has 0 saturated carbocycles. The molecule has 3 heteroatoms. The number of hydrogen-bond donors (Lipinski definition) is 1. The Bertz CT molecular complexity index is 355. The van der Waals surface area contributed by atoms with Gasteiger partial charge in [0.2, 0.25) is 0 Å². The summed E-state index contributed by atoms with van der Waals surface area (Å²) in [7, 11) is 1.90. The van der Waals surface area contributed by atoms with Gasteiger partial charge in [0.25, 0.3) is 0 Å². The van der Waals surface area contributed by atoms with Crippen LogP contribution in [0.4, 0.5) is 0 Å². The van der Waals surface area contributed by atoms with Crippen LogP contribution in [0.1, 0.15) is 16.7 Å². The van der Waals surface area contributed by atoms with E-state index in [9.17, 15) is 0 Å². The highest BCUT2D eigenvalue weighted by Gasteiger charge is 1.99. The summed E-state index contributed by atoms with van der Waals surface area (Å²) >= 11 is 0. The van der Waals surface area contributed by atoms with Gasteiger partial charge in [0, 0.05) is 6.54 Å². The molecule has 1 rings (SSSR count). The lowest BCUT2D eigenvalue weighted by Crippen LogP contribution is -2.14. The van der Waals surface area contributed by atoms with Gasteiger partial charge in [0.1, 0.15) is 0 Å². The van der Waals surface area contributed by atoms with Gasteiger partial charge < -0.3 is 10.1 Å². The normalized spacial score (nSPS) is 9.93. The molecule has 15 heavy (non-hydrogen) atoms. The molecule has 0 amide bonds. The van der Waals surface area contributed by atoms with Crippen molar-refractivity contribution in [2.75, 3.05) is 20.2 Å². The molecule has 0 heterocycles. The maximum atomic E-state index is 8.71. The van der Waals surface area contributed by atoms with Crippen molar-refractivity contribution in [2.24, 2.45) is 0 Å². The van der Waals surface area contributed by atoms with Gasteiger partial charge in [-0.15, -0.1) is 0 Å². The lowest BCUT2D eigenvalue weighted by molar-refractivity contribution is 0.123. The van der Waals surface area contributed by atoms with E-state index in [4.69, 9.17) is 10.00 Å². The molecular weight excluding hydrogens is 188 g/mol. The molecule has 1 aromatic rings. The first-order chi connectivity index (χ1) is 7.27. The third-order valence-electron chi connectivity index (χ3n) is 2.23. The van der Waals surface area contributed by atoms with E-state index in [1.54, 1.807) is 0 Å².